The second-order valence-electron chi connectivity index (χ2n) is 5.80. The van der Waals surface area contributed by atoms with Crippen LogP contribution in [0.25, 0.3) is 16.9 Å². The van der Waals surface area contributed by atoms with Gasteiger partial charge in [-0.25, -0.2) is 4.79 Å². The topological polar surface area (TPSA) is 40.5 Å². The Morgan fingerprint density at radius 1 is 1.12 bits per heavy atom. The van der Waals surface area contributed by atoms with Crippen molar-refractivity contribution in [3.63, 3.8) is 0 Å². The summed E-state index contributed by atoms with van der Waals surface area (Å²) in [5.41, 5.74) is 4.23. The van der Waals surface area contributed by atoms with Crippen LogP contribution in [0.3, 0.4) is 0 Å². The lowest BCUT2D eigenvalue weighted by atomic mass is 10.1. The van der Waals surface area contributed by atoms with Crippen molar-refractivity contribution in [1.29, 1.82) is 0 Å². The Labute approximate surface area is 161 Å². The van der Waals surface area contributed by atoms with Gasteiger partial charge in [-0.15, -0.1) is 0 Å². The molecule has 0 spiro atoms. The minimum Gasteiger partial charge on any atom is -0.497 e. The normalized spacial score (nSPS) is 10.6. The third-order valence-electron chi connectivity index (χ3n) is 4.17. The Hall–Kier alpha value is -2.53. The summed E-state index contributed by atoms with van der Waals surface area (Å²) in [5.74, 6) is 0.441. The summed E-state index contributed by atoms with van der Waals surface area (Å²) in [6, 6.07) is 17.6. The van der Waals surface area contributed by atoms with E-state index in [0.717, 1.165) is 32.9 Å². The van der Waals surface area contributed by atoms with Gasteiger partial charge in [-0.1, -0.05) is 34.1 Å². The molecule has 0 atom stereocenters. The molecule has 0 unspecified atom stereocenters. The summed E-state index contributed by atoms with van der Waals surface area (Å²) in [5, 5.41) is 0. The van der Waals surface area contributed by atoms with E-state index in [4.69, 9.17) is 9.47 Å². The molecular formula is C21H20BrNO3. The van der Waals surface area contributed by atoms with Crippen molar-refractivity contribution in [2.45, 2.75) is 13.8 Å². The van der Waals surface area contributed by atoms with Crippen LogP contribution in [-0.2, 0) is 4.74 Å². The number of benzene rings is 2. The lowest BCUT2D eigenvalue weighted by Gasteiger charge is -2.13. The van der Waals surface area contributed by atoms with E-state index in [1.165, 1.54) is 0 Å². The van der Waals surface area contributed by atoms with Crippen molar-refractivity contribution in [1.82, 2.24) is 4.57 Å². The van der Waals surface area contributed by atoms with Gasteiger partial charge < -0.3 is 14.0 Å². The summed E-state index contributed by atoms with van der Waals surface area (Å²) in [6.07, 6.45) is 0. The molecule has 134 valence electrons. The summed E-state index contributed by atoms with van der Waals surface area (Å²) < 4.78 is 13.6. The Bertz CT molecular complexity index is 946. The predicted molar refractivity (Wildman–Crippen MR) is 106 cm³/mol. The van der Waals surface area contributed by atoms with Gasteiger partial charge in [0.2, 0.25) is 0 Å². The second kappa shape index (κ2) is 7.79. The maximum absolute atomic E-state index is 12.4. The molecular weight excluding hydrogens is 394 g/mol. The van der Waals surface area contributed by atoms with Crippen LogP contribution in [0.1, 0.15) is 23.0 Å². The van der Waals surface area contributed by atoms with Gasteiger partial charge in [0.25, 0.3) is 0 Å². The van der Waals surface area contributed by atoms with Gasteiger partial charge >= 0.3 is 5.97 Å². The minimum absolute atomic E-state index is 0.317. The lowest BCUT2D eigenvalue weighted by molar-refractivity contribution is 0.0525. The number of carbonyl (C=O) groups excluding carboxylic acids is 1. The standard InChI is InChI=1S/C21H20BrNO3/c1-4-26-21(24)19-13-20(15-7-5-8-16(22)11-15)23(14(19)2)17-9-6-10-18(12-17)25-3/h5-13H,4H2,1-3H3. The third kappa shape index (κ3) is 3.53. The maximum atomic E-state index is 12.4. The largest absolute Gasteiger partial charge is 0.497 e. The highest BCUT2D eigenvalue weighted by molar-refractivity contribution is 9.10. The fourth-order valence-electron chi connectivity index (χ4n) is 2.96. The summed E-state index contributed by atoms with van der Waals surface area (Å²) in [7, 11) is 1.64. The monoisotopic (exact) mass is 413 g/mol. The molecule has 2 aromatic carbocycles. The van der Waals surface area contributed by atoms with Gasteiger partial charge in [-0.05, 0) is 49.7 Å². The Balaban J connectivity index is 2.24. The number of nitrogens with zero attached hydrogens (tertiary/aromatic N) is 1. The van der Waals surface area contributed by atoms with E-state index in [-0.39, 0.29) is 5.97 Å². The van der Waals surface area contributed by atoms with E-state index >= 15 is 0 Å². The van der Waals surface area contributed by atoms with Crippen molar-refractivity contribution in [3.8, 4) is 22.7 Å². The van der Waals surface area contributed by atoms with Crippen molar-refractivity contribution < 1.29 is 14.3 Å². The number of rotatable bonds is 5. The molecule has 1 heterocycles. The first kappa shape index (κ1) is 18.3. The first-order chi connectivity index (χ1) is 12.5. The molecule has 26 heavy (non-hydrogen) atoms. The number of halogens is 1. The summed E-state index contributed by atoms with van der Waals surface area (Å²) in [6.45, 7) is 4.07. The molecule has 3 rings (SSSR count). The van der Waals surface area contributed by atoms with Crippen molar-refractivity contribution in [2.24, 2.45) is 0 Å². The number of hydrogen-bond donors (Lipinski definition) is 0. The van der Waals surface area contributed by atoms with E-state index in [0.29, 0.717) is 12.2 Å². The van der Waals surface area contributed by atoms with Crippen LogP contribution < -0.4 is 4.74 Å². The molecule has 5 heteroatoms. The summed E-state index contributed by atoms with van der Waals surface area (Å²) in [4.78, 5) is 12.4. The highest BCUT2D eigenvalue weighted by atomic mass is 79.9. The number of aromatic nitrogens is 1. The molecule has 0 aliphatic carbocycles. The highest BCUT2D eigenvalue weighted by Crippen LogP contribution is 2.32. The fourth-order valence-corrected chi connectivity index (χ4v) is 3.36. The molecule has 3 aromatic rings. The SMILES string of the molecule is CCOC(=O)c1cc(-c2cccc(Br)c2)n(-c2cccc(OC)c2)c1C. The quantitative estimate of drug-likeness (QED) is 0.525. The van der Waals surface area contributed by atoms with E-state index in [1.807, 2.05) is 68.4 Å². The molecule has 0 saturated carbocycles. The van der Waals surface area contributed by atoms with Gasteiger partial charge in [0.1, 0.15) is 5.75 Å². The van der Waals surface area contributed by atoms with Crippen molar-refractivity contribution in [2.75, 3.05) is 13.7 Å². The average Bonchev–Trinajstić information content (AvgIpc) is 2.99. The molecule has 0 radical (unpaired) electrons. The number of methoxy groups -OCH3 is 1. The van der Waals surface area contributed by atoms with Crippen molar-refractivity contribution >= 4 is 21.9 Å². The first-order valence-electron chi connectivity index (χ1n) is 8.35. The number of esters is 1. The zero-order valence-electron chi connectivity index (χ0n) is 15.0. The van der Waals surface area contributed by atoms with Gasteiger partial charge in [-0.2, -0.15) is 0 Å². The molecule has 0 aliphatic heterocycles. The number of ether oxygens (including phenoxy) is 2. The van der Waals surface area contributed by atoms with E-state index in [2.05, 4.69) is 20.5 Å². The summed E-state index contributed by atoms with van der Waals surface area (Å²) >= 11 is 3.52. The highest BCUT2D eigenvalue weighted by Gasteiger charge is 2.20. The Morgan fingerprint density at radius 3 is 2.58 bits per heavy atom. The molecule has 0 saturated heterocycles. The molecule has 1 aromatic heterocycles. The molecule has 0 amide bonds. The van der Waals surface area contributed by atoms with Crippen LogP contribution in [-0.4, -0.2) is 24.3 Å². The Kier molecular flexibility index (Phi) is 5.47. The van der Waals surface area contributed by atoms with E-state index < -0.39 is 0 Å². The van der Waals surface area contributed by atoms with Gasteiger partial charge in [0.05, 0.1) is 25.0 Å². The average molecular weight is 414 g/mol. The van der Waals surface area contributed by atoms with Crippen LogP contribution in [0.5, 0.6) is 5.75 Å². The molecule has 0 bridgehead atoms. The van der Waals surface area contributed by atoms with Gasteiger partial charge in [0.15, 0.2) is 0 Å². The molecule has 0 aliphatic rings. The smallest absolute Gasteiger partial charge is 0.339 e. The van der Waals surface area contributed by atoms with E-state index in [9.17, 15) is 4.79 Å². The van der Waals surface area contributed by atoms with Gasteiger partial charge in [-0.3, -0.25) is 0 Å². The van der Waals surface area contributed by atoms with Crippen LogP contribution in [0.4, 0.5) is 0 Å². The molecule has 4 nitrogen and oxygen atoms in total. The predicted octanol–water partition coefficient (Wildman–Crippen LogP) is 5.40. The number of carbonyl (C=O) groups is 1. The lowest BCUT2D eigenvalue weighted by Crippen LogP contribution is -2.07. The second-order valence-corrected chi connectivity index (χ2v) is 6.71. The van der Waals surface area contributed by atoms with Crippen LogP contribution in [0.2, 0.25) is 0 Å². The number of hydrogen-bond acceptors (Lipinski definition) is 3. The van der Waals surface area contributed by atoms with Crippen LogP contribution >= 0.6 is 15.9 Å². The zero-order valence-corrected chi connectivity index (χ0v) is 16.5. The zero-order chi connectivity index (χ0) is 18.7. The van der Waals surface area contributed by atoms with Crippen molar-refractivity contribution in [3.05, 3.63) is 70.3 Å². The Morgan fingerprint density at radius 2 is 1.88 bits per heavy atom. The van der Waals surface area contributed by atoms with E-state index in [1.54, 1.807) is 7.11 Å². The minimum atomic E-state index is -0.317. The third-order valence-corrected chi connectivity index (χ3v) is 4.67. The van der Waals surface area contributed by atoms with Crippen LogP contribution in [0, 0.1) is 6.92 Å². The maximum Gasteiger partial charge on any atom is 0.339 e. The van der Waals surface area contributed by atoms with Gasteiger partial charge in [0, 0.05) is 21.9 Å². The van der Waals surface area contributed by atoms with Crippen LogP contribution in [0.15, 0.2) is 59.1 Å². The molecule has 0 N–H and O–H groups in total. The molecule has 0 fully saturated rings. The fraction of sp³-hybridized carbons (Fsp3) is 0.190. The first-order valence-corrected chi connectivity index (χ1v) is 9.14.